The molecule has 0 saturated heterocycles. The first-order valence-corrected chi connectivity index (χ1v) is 5.37. The van der Waals surface area contributed by atoms with Gasteiger partial charge in [-0.2, -0.15) is 0 Å². The average Bonchev–Trinajstić information content (AvgIpc) is 2.17. The van der Waals surface area contributed by atoms with Crippen molar-refractivity contribution in [1.29, 1.82) is 0 Å². The molecule has 0 aromatic heterocycles. The van der Waals surface area contributed by atoms with Crippen LogP contribution < -0.4 is 10.1 Å². The molecule has 0 saturated carbocycles. The Balaban J connectivity index is 2.37. The number of rotatable bonds is 1. The van der Waals surface area contributed by atoms with Crippen LogP contribution in [0, 0.1) is 0 Å². The van der Waals surface area contributed by atoms with Crippen LogP contribution in [0.5, 0.6) is 5.75 Å². The van der Waals surface area contributed by atoms with Crippen molar-refractivity contribution < 1.29 is 9.84 Å². The van der Waals surface area contributed by atoms with Gasteiger partial charge in [-0.15, -0.1) is 0 Å². The van der Waals surface area contributed by atoms with Gasteiger partial charge in [-0.3, -0.25) is 0 Å². The predicted octanol–water partition coefficient (Wildman–Crippen LogP) is 2.27. The van der Waals surface area contributed by atoms with Gasteiger partial charge >= 0.3 is 0 Å². The van der Waals surface area contributed by atoms with Crippen LogP contribution in [0.4, 0.5) is 5.69 Å². The van der Waals surface area contributed by atoms with Crippen LogP contribution in [0.3, 0.4) is 0 Å². The summed E-state index contributed by atoms with van der Waals surface area (Å²) in [4.78, 5) is 0. The summed E-state index contributed by atoms with van der Waals surface area (Å²) in [6.07, 6.45) is 0. The zero-order chi connectivity index (χ0) is 10.1. The maximum atomic E-state index is 8.98. The van der Waals surface area contributed by atoms with Crippen molar-refractivity contribution in [3.8, 4) is 5.75 Å². The van der Waals surface area contributed by atoms with Gasteiger partial charge in [0.25, 0.3) is 0 Å². The Hall–Kier alpha value is -0.450. The van der Waals surface area contributed by atoms with E-state index in [0.29, 0.717) is 17.4 Å². The topological polar surface area (TPSA) is 41.5 Å². The quantitative estimate of drug-likeness (QED) is 0.828. The summed E-state index contributed by atoms with van der Waals surface area (Å²) in [5, 5.41) is 12.8. The number of hydrogen-bond acceptors (Lipinski definition) is 3. The lowest BCUT2D eigenvalue weighted by Gasteiger charge is -2.27. The molecule has 0 aliphatic carbocycles. The third-order valence-electron chi connectivity index (χ3n) is 2.03. The second-order valence-corrected chi connectivity index (χ2v) is 4.39. The Morgan fingerprint density at radius 2 is 2.43 bits per heavy atom. The minimum absolute atomic E-state index is 0.0501. The van der Waals surface area contributed by atoms with Crippen LogP contribution in [0.25, 0.3) is 0 Å². The zero-order valence-corrected chi connectivity index (χ0v) is 9.60. The smallest absolute Gasteiger partial charge is 0.145 e. The Kier molecular flexibility index (Phi) is 2.85. The molecule has 1 aromatic carbocycles. The molecule has 0 fully saturated rings. The number of nitrogens with one attached hydrogen (secondary N) is 1. The van der Waals surface area contributed by atoms with Crippen LogP contribution in [-0.4, -0.2) is 24.4 Å². The molecule has 76 valence electrons. The molecule has 2 N–H and O–H groups in total. The normalized spacial score (nSPS) is 19.5. The van der Waals surface area contributed by atoms with E-state index in [2.05, 4.69) is 21.2 Å². The molecule has 14 heavy (non-hydrogen) atoms. The molecule has 5 heteroatoms. The van der Waals surface area contributed by atoms with Gasteiger partial charge in [-0.05, 0) is 22.0 Å². The van der Waals surface area contributed by atoms with E-state index in [-0.39, 0.29) is 12.6 Å². The van der Waals surface area contributed by atoms with E-state index >= 15 is 0 Å². The van der Waals surface area contributed by atoms with Gasteiger partial charge in [0.05, 0.1) is 18.3 Å². The van der Waals surface area contributed by atoms with E-state index in [4.69, 9.17) is 21.4 Å². The number of fused-ring (bicyclic) bond motifs is 1. The molecule has 1 aliphatic heterocycles. The minimum Gasteiger partial charge on any atom is -0.489 e. The number of hydrogen-bond donors (Lipinski definition) is 2. The Bertz CT molecular complexity index is 359. The van der Waals surface area contributed by atoms with Gasteiger partial charge in [0, 0.05) is 15.6 Å². The van der Waals surface area contributed by atoms with Crippen LogP contribution in [-0.2, 0) is 0 Å². The number of halogens is 2. The highest BCUT2D eigenvalue weighted by Gasteiger charge is 2.20. The van der Waals surface area contributed by atoms with Gasteiger partial charge in [0.2, 0.25) is 0 Å². The number of benzene rings is 1. The lowest BCUT2D eigenvalue weighted by atomic mass is 10.2. The summed E-state index contributed by atoms with van der Waals surface area (Å²) in [5.41, 5.74) is 0.847. The SMILES string of the molecule is OCC1COc2cc(Cl)cc(Br)c2N1. The highest BCUT2D eigenvalue weighted by molar-refractivity contribution is 9.10. The van der Waals surface area contributed by atoms with E-state index in [1.54, 1.807) is 12.1 Å². The van der Waals surface area contributed by atoms with Crippen molar-refractivity contribution in [2.75, 3.05) is 18.5 Å². The molecule has 0 bridgehead atoms. The Morgan fingerprint density at radius 3 is 3.14 bits per heavy atom. The first-order chi connectivity index (χ1) is 6.70. The van der Waals surface area contributed by atoms with Gasteiger partial charge in [0.1, 0.15) is 12.4 Å². The summed E-state index contributed by atoms with van der Waals surface area (Å²) in [7, 11) is 0. The predicted molar refractivity (Wildman–Crippen MR) is 59.1 cm³/mol. The van der Waals surface area contributed by atoms with Crippen molar-refractivity contribution in [2.24, 2.45) is 0 Å². The van der Waals surface area contributed by atoms with Crippen LogP contribution >= 0.6 is 27.5 Å². The first-order valence-electron chi connectivity index (χ1n) is 4.20. The summed E-state index contributed by atoms with van der Waals surface area (Å²) >= 11 is 9.25. The van der Waals surface area contributed by atoms with Crippen molar-refractivity contribution in [3.63, 3.8) is 0 Å². The van der Waals surface area contributed by atoms with Crippen molar-refractivity contribution in [1.82, 2.24) is 0 Å². The van der Waals surface area contributed by atoms with Gasteiger partial charge in [-0.1, -0.05) is 11.6 Å². The second kappa shape index (κ2) is 3.96. The minimum atomic E-state index is -0.0556. The van der Waals surface area contributed by atoms with Crippen LogP contribution in [0.1, 0.15) is 0 Å². The number of anilines is 1. The molecule has 1 heterocycles. The fraction of sp³-hybridized carbons (Fsp3) is 0.333. The molecule has 1 atom stereocenters. The van der Waals surface area contributed by atoms with E-state index in [1.807, 2.05) is 0 Å². The van der Waals surface area contributed by atoms with E-state index in [0.717, 1.165) is 10.2 Å². The number of aliphatic hydroxyl groups is 1. The van der Waals surface area contributed by atoms with Gasteiger partial charge < -0.3 is 15.2 Å². The lowest BCUT2D eigenvalue weighted by molar-refractivity contribution is 0.207. The van der Waals surface area contributed by atoms with Gasteiger partial charge in [0.15, 0.2) is 0 Å². The summed E-state index contributed by atoms with van der Waals surface area (Å²) in [6, 6.07) is 3.48. The van der Waals surface area contributed by atoms with Crippen molar-refractivity contribution >= 4 is 33.2 Å². The maximum Gasteiger partial charge on any atom is 0.145 e. The lowest BCUT2D eigenvalue weighted by Crippen LogP contribution is -2.34. The Labute approximate surface area is 95.1 Å². The molecule has 0 amide bonds. The molecule has 0 spiro atoms. The molecule has 1 aliphatic rings. The average molecular weight is 279 g/mol. The molecular formula is C9H9BrClNO2. The zero-order valence-electron chi connectivity index (χ0n) is 7.26. The highest BCUT2D eigenvalue weighted by atomic mass is 79.9. The van der Waals surface area contributed by atoms with E-state index in [9.17, 15) is 0 Å². The standard InChI is InChI=1S/C9H9BrClNO2/c10-7-1-5(11)2-8-9(7)12-6(3-13)4-14-8/h1-2,6,12-13H,3-4H2. The fourth-order valence-electron chi connectivity index (χ4n) is 1.34. The summed E-state index contributed by atoms with van der Waals surface area (Å²) < 4.78 is 6.30. The van der Waals surface area contributed by atoms with Crippen molar-refractivity contribution in [3.05, 3.63) is 21.6 Å². The van der Waals surface area contributed by atoms with E-state index < -0.39 is 0 Å². The van der Waals surface area contributed by atoms with Crippen molar-refractivity contribution in [2.45, 2.75) is 6.04 Å². The third-order valence-corrected chi connectivity index (χ3v) is 2.87. The summed E-state index contributed by atoms with van der Waals surface area (Å²) in [5.74, 6) is 0.717. The third kappa shape index (κ3) is 1.82. The molecule has 2 rings (SSSR count). The number of ether oxygens (including phenoxy) is 1. The maximum absolute atomic E-state index is 8.98. The summed E-state index contributed by atoms with van der Waals surface area (Å²) in [6.45, 7) is 0.505. The largest absolute Gasteiger partial charge is 0.489 e. The molecule has 1 aromatic rings. The van der Waals surface area contributed by atoms with Crippen LogP contribution in [0.15, 0.2) is 16.6 Å². The molecule has 3 nitrogen and oxygen atoms in total. The second-order valence-electron chi connectivity index (χ2n) is 3.10. The molecule has 1 unspecified atom stereocenters. The number of aliphatic hydroxyl groups excluding tert-OH is 1. The van der Waals surface area contributed by atoms with Crippen LogP contribution in [0.2, 0.25) is 5.02 Å². The monoisotopic (exact) mass is 277 g/mol. The molecular weight excluding hydrogens is 269 g/mol. The fourth-order valence-corrected chi connectivity index (χ4v) is 2.23. The first kappa shape index (κ1) is 10.1. The van der Waals surface area contributed by atoms with E-state index in [1.165, 1.54) is 0 Å². The van der Waals surface area contributed by atoms with Gasteiger partial charge in [-0.25, -0.2) is 0 Å². The highest BCUT2D eigenvalue weighted by Crippen LogP contribution is 2.38. The Morgan fingerprint density at radius 1 is 1.64 bits per heavy atom. The molecule has 0 radical (unpaired) electrons.